The topological polar surface area (TPSA) is 90.0 Å². The highest BCUT2D eigenvalue weighted by Gasteiger charge is 2.18. The lowest BCUT2D eigenvalue weighted by Crippen LogP contribution is -2.37. The fraction of sp³-hybridized carbons (Fsp3) is 0.250. The first kappa shape index (κ1) is 17.7. The summed E-state index contributed by atoms with van der Waals surface area (Å²) in [5, 5.41) is 10.4. The van der Waals surface area contributed by atoms with Gasteiger partial charge < -0.3 is 5.11 Å². The zero-order valence-corrected chi connectivity index (χ0v) is 15.1. The number of fused-ring (bicyclic) bond motifs is 1. The third-order valence-electron chi connectivity index (χ3n) is 3.70. The molecule has 25 heavy (non-hydrogen) atoms. The summed E-state index contributed by atoms with van der Waals surface area (Å²) in [5.41, 5.74) is 0.0522. The SMILES string of the molecule is Cn1c(=O)c2c(SCCO)nc(-c3ccc(Cl)cc3)nc2n(C)c1=O. The minimum Gasteiger partial charge on any atom is -0.396 e. The lowest BCUT2D eigenvalue weighted by Gasteiger charge is -2.11. The molecule has 0 atom stereocenters. The molecule has 0 saturated heterocycles. The number of rotatable bonds is 4. The highest BCUT2D eigenvalue weighted by Crippen LogP contribution is 2.26. The van der Waals surface area contributed by atoms with Crippen molar-refractivity contribution < 1.29 is 5.11 Å². The summed E-state index contributed by atoms with van der Waals surface area (Å²) >= 11 is 7.16. The van der Waals surface area contributed by atoms with Crippen LogP contribution < -0.4 is 11.2 Å². The smallest absolute Gasteiger partial charge is 0.332 e. The summed E-state index contributed by atoms with van der Waals surface area (Å²) in [7, 11) is 2.97. The van der Waals surface area contributed by atoms with Gasteiger partial charge in [0.1, 0.15) is 10.4 Å². The number of aliphatic hydroxyl groups is 1. The zero-order chi connectivity index (χ0) is 18.1. The number of halogens is 1. The molecule has 0 saturated carbocycles. The summed E-state index contributed by atoms with van der Waals surface area (Å²) < 4.78 is 2.34. The molecule has 0 radical (unpaired) electrons. The van der Waals surface area contributed by atoms with Crippen molar-refractivity contribution in [1.82, 2.24) is 19.1 Å². The van der Waals surface area contributed by atoms with Crippen molar-refractivity contribution in [3.8, 4) is 11.4 Å². The minimum absolute atomic E-state index is 0.0570. The average molecular weight is 379 g/mol. The van der Waals surface area contributed by atoms with Crippen LogP contribution in [0.3, 0.4) is 0 Å². The van der Waals surface area contributed by atoms with Gasteiger partial charge >= 0.3 is 5.69 Å². The Balaban J connectivity index is 2.36. The molecule has 0 aliphatic heterocycles. The Morgan fingerprint density at radius 1 is 1.12 bits per heavy atom. The summed E-state index contributed by atoms with van der Waals surface area (Å²) in [5.74, 6) is 0.755. The van der Waals surface area contributed by atoms with E-state index in [4.69, 9.17) is 16.7 Å². The summed E-state index contributed by atoms with van der Waals surface area (Å²) in [6, 6.07) is 6.97. The van der Waals surface area contributed by atoms with E-state index in [1.165, 1.54) is 23.4 Å². The number of benzene rings is 1. The van der Waals surface area contributed by atoms with Gasteiger partial charge in [0, 0.05) is 30.4 Å². The van der Waals surface area contributed by atoms with Crippen molar-refractivity contribution in [3.63, 3.8) is 0 Å². The van der Waals surface area contributed by atoms with E-state index in [2.05, 4.69) is 9.97 Å². The highest BCUT2D eigenvalue weighted by atomic mass is 35.5. The van der Waals surface area contributed by atoms with Gasteiger partial charge in [-0.05, 0) is 24.3 Å². The van der Waals surface area contributed by atoms with Crippen molar-refractivity contribution in [1.29, 1.82) is 0 Å². The lowest BCUT2D eigenvalue weighted by molar-refractivity contribution is 0.322. The van der Waals surface area contributed by atoms with Crippen molar-refractivity contribution in [2.24, 2.45) is 14.1 Å². The number of thioether (sulfide) groups is 1. The van der Waals surface area contributed by atoms with Gasteiger partial charge in [-0.25, -0.2) is 14.8 Å². The molecule has 0 amide bonds. The number of nitrogens with zero attached hydrogens (tertiary/aromatic N) is 4. The van der Waals surface area contributed by atoms with E-state index in [1.54, 1.807) is 31.3 Å². The minimum atomic E-state index is -0.462. The van der Waals surface area contributed by atoms with Gasteiger partial charge in [-0.15, -0.1) is 11.8 Å². The second-order valence-corrected chi connectivity index (χ2v) is 6.86. The van der Waals surface area contributed by atoms with Gasteiger partial charge in [0.2, 0.25) is 0 Å². The number of hydrogen-bond acceptors (Lipinski definition) is 6. The zero-order valence-electron chi connectivity index (χ0n) is 13.6. The predicted molar refractivity (Wildman–Crippen MR) is 98.3 cm³/mol. The summed E-state index contributed by atoms with van der Waals surface area (Å²) in [6.07, 6.45) is 0. The van der Waals surface area contributed by atoms with Crippen molar-refractivity contribution in [2.75, 3.05) is 12.4 Å². The van der Waals surface area contributed by atoms with Crippen LogP contribution in [0.1, 0.15) is 0 Å². The molecule has 0 aliphatic carbocycles. The van der Waals surface area contributed by atoms with Gasteiger partial charge in [-0.3, -0.25) is 13.9 Å². The first-order valence-corrected chi connectivity index (χ1v) is 8.77. The number of hydrogen-bond donors (Lipinski definition) is 1. The Morgan fingerprint density at radius 2 is 1.80 bits per heavy atom. The Labute approximate surface area is 151 Å². The standard InChI is InChI=1S/C16H15ClN4O3S/c1-20-13-11(15(23)21(2)16(20)24)14(25-8-7-22)19-12(18-13)9-3-5-10(17)6-4-9/h3-6,22H,7-8H2,1-2H3. The molecule has 2 heterocycles. The molecule has 1 aromatic carbocycles. The second-order valence-electron chi connectivity index (χ2n) is 5.34. The van der Waals surface area contributed by atoms with Crippen LogP contribution >= 0.6 is 23.4 Å². The Hall–Kier alpha value is -2.16. The van der Waals surface area contributed by atoms with E-state index in [-0.39, 0.29) is 17.6 Å². The summed E-state index contributed by atoms with van der Waals surface area (Å²) in [4.78, 5) is 33.7. The van der Waals surface area contributed by atoms with Gasteiger partial charge in [-0.2, -0.15) is 0 Å². The molecule has 130 valence electrons. The molecule has 1 N–H and O–H groups in total. The maximum Gasteiger partial charge on any atom is 0.332 e. The predicted octanol–water partition coefficient (Wildman–Crippen LogP) is 1.43. The Kier molecular flexibility index (Phi) is 4.94. The quantitative estimate of drug-likeness (QED) is 0.545. The van der Waals surface area contributed by atoms with E-state index < -0.39 is 11.2 Å². The van der Waals surface area contributed by atoms with E-state index >= 15 is 0 Å². The van der Waals surface area contributed by atoms with Crippen LogP contribution in [0.25, 0.3) is 22.4 Å². The molecule has 0 bridgehead atoms. The Bertz CT molecular complexity index is 1060. The molecule has 0 unspecified atom stereocenters. The van der Waals surface area contributed by atoms with Crippen LogP contribution in [0.5, 0.6) is 0 Å². The van der Waals surface area contributed by atoms with E-state index in [0.717, 1.165) is 4.57 Å². The second kappa shape index (κ2) is 6.99. The van der Waals surface area contributed by atoms with E-state index in [0.29, 0.717) is 27.2 Å². The summed E-state index contributed by atoms with van der Waals surface area (Å²) in [6.45, 7) is -0.0570. The van der Waals surface area contributed by atoms with Gasteiger partial charge in [0.05, 0.1) is 6.61 Å². The Morgan fingerprint density at radius 3 is 2.44 bits per heavy atom. The molecular formula is C16H15ClN4O3S. The van der Waals surface area contributed by atoms with Gasteiger partial charge in [0.15, 0.2) is 11.5 Å². The van der Waals surface area contributed by atoms with Crippen LogP contribution in [0, 0.1) is 0 Å². The van der Waals surface area contributed by atoms with Gasteiger partial charge in [-0.1, -0.05) is 11.6 Å². The number of aryl methyl sites for hydroxylation is 1. The molecule has 3 aromatic rings. The van der Waals surface area contributed by atoms with Crippen LogP contribution in [0.15, 0.2) is 38.9 Å². The molecule has 0 aliphatic rings. The van der Waals surface area contributed by atoms with E-state index in [9.17, 15) is 9.59 Å². The number of aromatic nitrogens is 4. The molecule has 0 fully saturated rings. The molecule has 0 spiro atoms. The molecule has 2 aromatic heterocycles. The monoisotopic (exact) mass is 378 g/mol. The lowest BCUT2D eigenvalue weighted by atomic mass is 10.2. The van der Waals surface area contributed by atoms with Crippen LogP contribution in [0.4, 0.5) is 0 Å². The first-order chi connectivity index (χ1) is 11.9. The number of aliphatic hydroxyl groups excluding tert-OH is 1. The van der Waals surface area contributed by atoms with Gasteiger partial charge in [0.25, 0.3) is 5.56 Å². The van der Waals surface area contributed by atoms with E-state index in [1.807, 2.05) is 0 Å². The average Bonchev–Trinajstić information content (AvgIpc) is 2.62. The molecule has 9 heteroatoms. The van der Waals surface area contributed by atoms with Crippen molar-refractivity contribution in [3.05, 3.63) is 50.1 Å². The van der Waals surface area contributed by atoms with Crippen LogP contribution in [-0.2, 0) is 14.1 Å². The maximum absolute atomic E-state index is 12.6. The van der Waals surface area contributed by atoms with Crippen molar-refractivity contribution in [2.45, 2.75) is 5.03 Å². The first-order valence-electron chi connectivity index (χ1n) is 7.41. The molecular weight excluding hydrogens is 364 g/mol. The maximum atomic E-state index is 12.6. The van der Waals surface area contributed by atoms with Crippen LogP contribution in [-0.4, -0.2) is 36.6 Å². The normalized spacial score (nSPS) is 11.2. The molecule has 7 nitrogen and oxygen atoms in total. The largest absolute Gasteiger partial charge is 0.396 e. The third-order valence-corrected chi connectivity index (χ3v) is 4.91. The fourth-order valence-electron chi connectivity index (χ4n) is 2.40. The fourth-order valence-corrected chi connectivity index (χ4v) is 3.29. The third kappa shape index (κ3) is 3.20. The molecule has 3 rings (SSSR count). The van der Waals surface area contributed by atoms with Crippen molar-refractivity contribution >= 4 is 34.4 Å². The van der Waals surface area contributed by atoms with Crippen LogP contribution in [0.2, 0.25) is 5.02 Å². The highest BCUT2D eigenvalue weighted by molar-refractivity contribution is 7.99.